The number of allylic oxidation sites excluding steroid dienone is 1. The molecule has 0 saturated carbocycles. The largest absolute Gasteiger partial charge is 0.404 e. The molecule has 0 radical (unpaired) electrons. The molecule has 0 aromatic heterocycles. The number of aliphatic hydroxyl groups is 1. The molecular weight excluding hydrogens is 336 g/mol. The average molecular weight is 369 g/mol. The average Bonchev–Trinajstić information content (AvgIpc) is 2.65. The first-order valence-corrected chi connectivity index (χ1v) is 11.3. The maximum Gasteiger partial charge on any atom is 0.261 e. The smallest absolute Gasteiger partial charge is 0.261 e. The van der Waals surface area contributed by atoms with Crippen molar-refractivity contribution in [3.8, 4) is 0 Å². The van der Waals surface area contributed by atoms with Crippen molar-refractivity contribution in [2.24, 2.45) is 5.92 Å². The minimum Gasteiger partial charge on any atom is -0.404 e. The van der Waals surface area contributed by atoms with Crippen LogP contribution < -0.4 is 10.4 Å². The molecule has 0 aliphatic heterocycles. The van der Waals surface area contributed by atoms with Gasteiger partial charge in [-0.15, -0.1) is 0 Å². The fraction of sp³-hybridized carbons (Fsp3) is 0.391. The van der Waals surface area contributed by atoms with Crippen molar-refractivity contribution < 1.29 is 9.53 Å². The molecular formula is C23H32O2Si. The van der Waals surface area contributed by atoms with E-state index in [-0.39, 0.29) is 11.6 Å². The van der Waals surface area contributed by atoms with E-state index in [2.05, 4.69) is 93.6 Å². The second kappa shape index (κ2) is 9.31. The third-order valence-electron chi connectivity index (χ3n) is 4.83. The Morgan fingerprint density at radius 3 is 1.85 bits per heavy atom. The molecule has 0 fully saturated rings. The molecule has 0 saturated heterocycles. The van der Waals surface area contributed by atoms with Gasteiger partial charge in [-0.1, -0.05) is 101 Å². The molecule has 26 heavy (non-hydrogen) atoms. The maximum atomic E-state index is 9.17. The Hall–Kier alpha value is -1.68. The van der Waals surface area contributed by atoms with Crippen LogP contribution in [0.2, 0.25) is 5.04 Å². The number of benzene rings is 2. The Morgan fingerprint density at radius 2 is 1.42 bits per heavy atom. The molecule has 3 heteroatoms. The van der Waals surface area contributed by atoms with E-state index in [9.17, 15) is 0 Å². The van der Waals surface area contributed by atoms with Gasteiger partial charge in [0.15, 0.2) is 0 Å². The van der Waals surface area contributed by atoms with Crippen LogP contribution in [0.25, 0.3) is 0 Å². The highest BCUT2D eigenvalue weighted by Gasteiger charge is 2.49. The summed E-state index contributed by atoms with van der Waals surface area (Å²) in [5, 5.41) is 11.8. The second-order valence-corrected chi connectivity index (χ2v) is 12.3. The van der Waals surface area contributed by atoms with E-state index >= 15 is 0 Å². The summed E-state index contributed by atoms with van der Waals surface area (Å²) in [5.41, 5.74) is 0. The quantitative estimate of drug-likeness (QED) is 0.560. The Bertz CT molecular complexity index is 635. The molecule has 2 aromatic carbocycles. The molecule has 0 spiro atoms. The van der Waals surface area contributed by atoms with Crippen molar-refractivity contribution in [3.63, 3.8) is 0 Å². The van der Waals surface area contributed by atoms with E-state index < -0.39 is 8.32 Å². The SMILES string of the molecule is C[C@H](CO)C/C=C/CO[Si](c1ccccc1)(c1ccccc1)C(C)(C)C. The van der Waals surface area contributed by atoms with Crippen molar-refractivity contribution in [2.75, 3.05) is 13.2 Å². The van der Waals surface area contributed by atoms with E-state index in [1.165, 1.54) is 10.4 Å². The van der Waals surface area contributed by atoms with Gasteiger partial charge in [-0.3, -0.25) is 0 Å². The third-order valence-corrected chi connectivity index (χ3v) is 9.83. The van der Waals surface area contributed by atoms with Gasteiger partial charge in [0.2, 0.25) is 0 Å². The topological polar surface area (TPSA) is 29.5 Å². The number of aliphatic hydroxyl groups excluding tert-OH is 1. The summed E-state index contributed by atoms with van der Waals surface area (Å²) < 4.78 is 6.77. The van der Waals surface area contributed by atoms with Gasteiger partial charge >= 0.3 is 0 Å². The predicted molar refractivity (Wildman–Crippen MR) is 114 cm³/mol. The van der Waals surface area contributed by atoms with Gasteiger partial charge in [0.25, 0.3) is 8.32 Å². The normalized spacial score (nSPS) is 13.9. The van der Waals surface area contributed by atoms with Crippen LogP contribution >= 0.6 is 0 Å². The van der Waals surface area contributed by atoms with Gasteiger partial charge in [0, 0.05) is 6.61 Å². The summed E-state index contributed by atoms with van der Waals surface area (Å²) in [6, 6.07) is 21.4. The van der Waals surface area contributed by atoms with E-state index in [1.807, 2.05) is 6.92 Å². The molecule has 0 bridgehead atoms. The van der Waals surface area contributed by atoms with E-state index in [0.717, 1.165) is 6.42 Å². The fourth-order valence-corrected chi connectivity index (χ4v) is 7.91. The molecule has 0 heterocycles. The van der Waals surface area contributed by atoms with E-state index in [1.54, 1.807) is 0 Å². The van der Waals surface area contributed by atoms with Crippen LogP contribution in [0.5, 0.6) is 0 Å². The molecule has 1 N–H and O–H groups in total. The molecule has 2 rings (SSSR count). The van der Waals surface area contributed by atoms with Crippen LogP contribution in [-0.2, 0) is 4.43 Å². The minimum absolute atomic E-state index is 0.00192. The highest BCUT2D eigenvalue weighted by Crippen LogP contribution is 2.36. The molecule has 0 amide bonds. The van der Waals surface area contributed by atoms with Crippen molar-refractivity contribution in [1.29, 1.82) is 0 Å². The van der Waals surface area contributed by atoms with Crippen LogP contribution in [0, 0.1) is 5.92 Å². The first-order chi connectivity index (χ1) is 12.4. The highest BCUT2D eigenvalue weighted by molar-refractivity contribution is 6.99. The molecule has 0 aliphatic rings. The van der Waals surface area contributed by atoms with Gasteiger partial charge in [-0.2, -0.15) is 0 Å². The summed E-state index contributed by atoms with van der Waals surface area (Å²) in [6.45, 7) is 9.73. The first kappa shape index (κ1) is 20.6. The summed E-state index contributed by atoms with van der Waals surface area (Å²) in [4.78, 5) is 0. The second-order valence-electron chi connectivity index (χ2n) is 7.97. The van der Waals surface area contributed by atoms with E-state index in [4.69, 9.17) is 9.53 Å². The standard InChI is InChI=1S/C23H32O2Si/c1-20(19-24)13-11-12-18-25-26(23(2,3)4,21-14-7-5-8-15-21)22-16-9-6-10-17-22/h5-12,14-17,20,24H,13,18-19H2,1-4H3/b12-11+/t20-/m0/s1. The molecule has 2 aromatic rings. The predicted octanol–water partition coefficient (Wildman–Crippen LogP) is 4.14. The third kappa shape index (κ3) is 4.73. The Balaban J connectivity index is 2.38. The van der Waals surface area contributed by atoms with Crippen molar-refractivity contribution in [1.82, 2.24) is 0 Å². The number of rotatable bonds is 8. The Morgan fingerprint density at radius 1 is 0.923 bits per heavy atom. The van der Waals surface area contributed by atoms with Crippen LogP contribution in [0.4, 0.5) is 0 Å². The van der Waals surface area contributed by atoms with Gasteiger partial charge < -0.3 is 9.53 Å². The number of hydrogen-bond donors (Lipinski definition) is 1. The zero-order valence-corrected chi connectivity index (χ0v) is 17.5. The molecule has 1 atom stereocenters. The van der Waals surface area contributed by atoms with Gasteiger partial charge in [0.05, 0.1) is 6.61 Å². The fourth-order valence-electron chi connectivity index (χ4n) is 3.41. The van der Waals surface area contributed by atoms with Crippen LogP contribution in [-0.4, -0.2) is 26.6 Å². The lowest BCUT2D eigenvalue weighted by Gasteiger charge is -2.42. The summed E-state index contributed by atoms with van der Waals surface area (Å²) in [5.74, 6) is 0.291. The minimum atomic E-state index is -2.44. The first-order valence-electron chi connectivity index (χ1n) is 9.42. The summed E-state index contributed by atoms with van der Waals surface area (Å²) in [7, 11) is -2.44. The summed E-state index contributed by atoms with van der Waals surface area (Å²) in [6.07, 6.45) is 5.10. The Labute approximate surface area is 159 Å². The molecule has 2 nitrogen and oxygen atoms in total. The zero-order chi connectivity index (χ0) is 19.0. The molecule has 0 aliphatic carbocycles. The number of hydrogen-bond acceptors (Lipinski definition) is 2. The van der Waals surface area contributed by atoms with Gasteiger partial charge in [-0.25, -0.2) is 0 Å². The van der Waals surface area contributed by atoms with Gasteiger partial charge in [0.1, 0.15) is 0 Å². The van der Waals surface area contributed by atoms with Gasteiger partial charge in [-0.05, 0) is 27.8 Å². The molecule has 140 valence electrons. The van der Waals surface area contributed by atoms with E-state index in [0.29, 0.717) is 12.5 Å². The lowest BCUT2D eigenvalue weighted by molar-refractivity contribution is 0.238. The Kier molecular flexibility index (Phi) is 7.39. The van der Waals surface area contributed by atoms with Crippen molar-refractivity contribution >= 4 is 18.7 Å². The summed E-state index contributed by atoms with van der Waals surface area (Å²) >= 11 is 0. The zero-order valence-electron chi connectivity index (χ0n) is 16.5. The van der Waals surface area contributed by atoms with Crippen molar-refractivity contribution in [3.05, 3.63) is 72.8 Å². The van der Waals surface area contributed by atoms with Crippen LogP contribution in [0.1, 0.15) is 34.1 Å². The lowest BCUT2D eigenvalue weighted by Crippen LogP contribution is -2.66. The maximum absolute atomic E-state index is 9.17. The monoisotopic (exact) mass is 368 g/mol. The lowest BCUT2D eigenvalue weighted by atomic mass is 10.1. The highest BCUT2D eigenvalue weighted by atomic mass is 28.4. The van der Waals surface area contributed by atoms with Crippen LogP contribution in [0.3, 0.4) is 0 Å². The molecule has 0 unspecified atom stereocenters. The van der Waals surface area contributed by atoms with Crippen LogP contribution in [0.15, 0.2) is 72.8 Å². The van der Waals surface area contributed by atoms with Crippen molar-refractivity contribution in [2.45, 2.75) is 39.2 Å².